The summed E-state index contributed by atoms with van der Waals surface area (Å²) in [5.74, 6) is 0.346. The van der Waals surface area contributed by atoms with Crippen LogP contribution in [0.2, 0.25) is 0 Å². The Labute approximate surface area is 146 Å². The second kappa shape index (κ2) is 8.22. The number of amides is 1. The normalized spacial score (nSPS) is 20.4. The third-order valence-electron chi connectivity index (χ3n) is 4.48. The molecule has 1 heterocycles. The first-order valence-corrected chi connectivity index (χ1v) is 8.65. The molecule has 0 unspecified atom stereocenters. The topological polar surface area (TPSA) is 96.4 Å². The Kier molecular flexibility index (Phi) is 5.78. The fourth-order valence-corrected chi connectivity index (χ4v) is 3.07. The number of ether oxygens (including phenoxy) is 1. The van der Waals surface area contributed by atoms with Crippen molar-refractivity contribution in [3.05, 3.63) is 30.0 Å². The number of nitrogens with zero attached hydrogens (tertiary/aromatic N) is 2. The second-order valence-corrected chi connectivity index (χ2v) is 6.34. The molecule has 25 heavy (non-hydrogen) atoms. The molecule has 0 bridgehead atoms. The number of nitrogens with one attached hydrogen (secondary N) is 2. The minimum atomic E-state index is -0.196. The van der Waals surface area contributed by atoms with Crippen molar-refractivity contribution >= 4 is 22.8 Å². The van der Waals surface area contributed by atoms with E-state index in [1.807, 2.05) is 12.1 Å². The second-order valence-electron chi connectivity index (χ2n) is 6.34. The van der Waals surface area contributed by atoms with Crippen LogP contribution in [0.5, 0.6) is 0 Å². The van der Waals surface area contributed by atoms with E-state index in [0.717, 1.165) is 31.1 Å². The van der Waals surface area contributed by atoms with Crippen LogP contribution >= 0.6 is 0 Å². The van der Waals surface area contributed by atoms with E-state index in [-0.39, 0.29) is 18.1 Å². The van der Waals surface area contributed by atoms with Gasteiger partial charge in [-0.15, -0.1) is 0 Å². The number of hydrogen-bond acceptors (Lipinski definition) is 6. The predicted molar refractivity (Wildman–Crippen MR) is 95.6 cm³/mol. The van der Waals surface area contributed by atoms with Crippen LogP contribution in [0.1, 0.15) is 36.0 Å². The molecule has 0 atom stereocenters. The van der Waals surface area contributed by atoms with Crippen LogP contribution in [0.4, 0.5) is 5.95 Å². The van der Waals surface area contributed by atoms with E-state index in [1.54, 1.807) is 19.4 Å². The van der Waals surface area contributed by atoms with E-state index >= 15 is 0 Å². The third kappa shape index (κ3) is 4.43. The first-order valence-electron chi connectivity index (χ1n) is 8.65. The first-order chi connectivity index (χ1) is 12.2. The predicted octanol–water partition coefficient (Wildman–Crippen LogP) is 1.72. The summed E-state index contributed by atoms with van der Waals surface area (Å²) >= 11 is 0. The lowest BCUT2D eigenvalue weighted by Gasteiger charge is -2.26. The number of rotatable bonds is 6. The van der Waals surface area contributed by atoms with Crippen LogP contribution in [-0.4, -0.2) is 53.4 Å². The van der Waals surface area contributed by atoms with E-state index in [9.17, 15) is 9.90 Å². The lowest BCUT2D eigenvalue weighted by Crippen LogP contribution is -2.29. The molecule has 7 nitrogen and oxygen atoms in total. The summed E-state index contributed by atoms with van der Waals surface area (Å²) in [5.41, 5.74) is 1.16. The van der Waals surface area contributed by atoms with Crippen LogP contribution in [0.3, 0.4) is 0 Å². The molecule has 0 aliphatic heterocycles. The van der Waals surface area contributed by atoms with Crippen molar-refractivity contribution in [3.63, 3.8) is 0 Å². The zero-order valence-electron chi connectivity index (χ0n) is 14.4. The van der Waals surface area contributed by atoms with Gasteiger partial charge in [-0.3, -0.25) is 4.79 Å². The van der Waals surface area contributed by atoms with Gasteiger partial charge in [0.2, 0.25) is 5.95 Å². The number of fused-ring (bicyclic) bond motifs is 1. The van der Waals surface area contributed by atoms with Crippen molar-refractivity contribution in [1.29, 1.82) is 0 Å². The molecule has 0 saturated heterocycles. The summed E-state index contributed by atoms with van der Waals surface area (Å²) in [5, 5.41) is 16.6. The van der Waals surface area contributed by atoms with Gasteiger partial charge in [0.05, 0.1) is 23.8 Å². The fourth-order valence-electron chi connectivity index (χ4n) is 3.07. The van der Waals surface area contributed by atoms with E-state index in [2.05, 4.69) is 20.6 Å². The zero-order chi connectivity index (χ0) is 17.6. The van der Waals surface area contributed by atoms with Gasteiger partial charge in [-0.05, 0) is 31.7 Å². The number of aliphatic hydroxyl groups excluding tert-OH is 1. The van der Waals surface area contributed by atoms with E-state index in [0.29, 0.717) is 30.2 Å². The summed E-state index contributed by atoms with van der Waals surface area (Å²) in [7, 11) is 1.60. The van der Waals surface area contributed by atoms with E-state index in [4.69, 9.17) is 4.74 Å². The molecule has 1 fully saturated rings. The molecule has 1 aromatic carbocycles. The first kappa shape index (κ1) is 17.6. The molecular weight excluding hydrogens is 320 g/mol. The maximum atomic E-state index is 12.4. The monoisotopic (exact) mass is 344 g/mol. The molecular formula is C18H24N4O3. The molecule has 1 saturated carbocycles. The molecule has 1 aliphatic carbocycles. The average molecular weight is 344 g/mol. The van der Waals surface area contributed by atoms with Gasteiger partial charge >= 0.3 is 0 Å². The van der Waals surface area contributed by atoms with Crippen LogP contribution < -0.4 is 10.6 Å². The van der Waals surface area contributed by atoms with Gasteiger partial charge < -0.3 is 20.5 Å². The van der Waals surface area contributed by atoms with Gasteiger partial charge in [0, 0.05) is 31.3 Å². The Bertz CT molecular complexity index is 729. The van der Waals surface area contributed by atoms with Crippen LogP contribution in [0, 0.1) is 0 Å². The maximum absolute atomic E-state index is 12.4. The number of aromatic nitrogens is 2. The van der Waals surface area contributed by atoms with Crippen LogP contribution in [0.25, 0.3) is 10.9 Å². The molecule has 0 radical (unpaired) electrons. The van der Waals surface area contributed by atoms with Crippen molar-refractivity contribution < 1.29 is 14.6 Å². The number of carbonyl (C=O) groups excluding carboxylic acids is 1. The third-order valence-corrected chi connectivity index (χ3v) is 4.48. The molecule has 134 valence electrons. The van der Waals surface area contributed by atoms with Crippen molar-refractivity contribution in [2.75, 3.05) is 25.6 Å². The quantitative estimate of drug-likeness (QED) is 0.691. The Morgan fingerprint density at radius 3 is 2.88 bits per heavy atom. The fraction of sp³-hybridized carbons (Fsp3) is 0.500. The largest absolute Gasteiger partial charge is 0.393 e. The highest BCUT2D eigenvalue weighted by molar-refractivity contribution is 6.05. The van der Waals surface area contributed by atoms with E-state index in [1.165, 1.54) is 0 Å². The molecule has 7 heteroatoms. The standard InChI is InChI=1S/C18H24N4O3/c1-25-10-9-19-17(24)15-4-2-3-12-11-20-18(22-16(12)15)21-13-5-7-14(23)8-6-13/h2-4,11,13-14,23H,5-10H2,1H3,(H,19,24)(H,20,21,22). The van der Waals surface area contributed by atoms with Gasteiger partial charge in [-0.25, -0.2) is 9.97 Å². The SMILES string of the molecule is COCCNC(=O)c1cccc2cnc(NC3CCC(O)CC3)nc12. The zero-order valence-corrected chi connectivity index (χ0v) is 14.4. The molecule has 1 aromatic heterocycles. The Balaban J connectivity index is 1.78. The number of benzene rings is 1. The Morgan fingerprint density at radius 2 is 2.12 bits per heavy atom. The van der Waals surface area contributed by atoms with Crippen LogP contribution in [-0.2, 0) is 4.74 Å². The van der Waals surface area contributed by atoms with Gasteiger partial charge in [0.1, 0.15) is 0 Å². The van der Waals surface area contributed by atoms with Crippen molar-refractivity contribution in [1.82, 2.24) is 15.3 Å². The highest BCUT2D eigenvalue weighted by Crippen LogP contribution is 2.22. The number of aliphatic hydroxyl groups is 1. The summed E-state index contributed by atoms with van der Waals surface area (Å²) in [6, 6.07) is 5.73. The molecule has 2 aromatic rings. The van der Waals surface area contributed by atoms with E-state index < -0.39 is 0 Å². The highest BCUT2D eigenvalue weighted by Gasteiger charge is 2.20. The Morgan fingerprint density at radius 1 is 1.32 bits per heavy atom. The number of hydrogen-bond donors (Lipinski definition) is 3. The number of methoxy groups -OCH3 is 1. The molecule has 0 spiro atoms. The minimum Gasteiger partial charge on any atom is -0.393 e. The van der Waals surface area contributed by atoms with Crippen LogP contribution in [0.15, 0.2) is 24.4 Å². The number of carbonyl (C=O) groups is 1. The van der Waals surface area contributed by atoms with Gasteiger partial charge in [0.15, 0.2) is 0 Å². The highest BCUT2D eigenvalue weighted by atomic mass is 16.5. The summed E-state index contributed by atoms with van der Waals surface area (Å²) in [4.78, 5) is 21.3. The maximum Gasteiger partial charge on any atom is 0.253 e. The van der Waals surface area contributed by atoms with Crippen molar-refractivity contribution in [2.45, 2.75) is 37.8 Å². The minimum absolute atomic E-state index is 0.173. The molecule has 1 amide bonds. The average Bonchev–Trinajstić information content (AvgIpc) is 2.63. The van der Waals surface area contributed by atoms with Gasteiger partial charge in [-0.2, -0.15) is 0 Å². The van der Waals surface area contributed by atoms with Crippen molar-refractivity contribution in [3.8, 4) is 0 Å². The van der Waals surface area contributed by atoms with Gasteiger partial charge in [0.25, 0.3) is 5.91 Å². The summed E-state index contributed by atoms with van der Waals surface area (Å²) < 4.78 is 4.96. The lowest BCUT2D eigenvalue weighted by atomic mass is 9.93. The molecule has 3 rings (SSSR count). The number of para-hydroxylation sites is 1. The Hall–Kier alpha value is -2.25. The lowest BCUT2D eigenvalue weighted by molar-refractivity contribution is 0.0938. The van der Waals surface area contributed by atoms with Gasteiger partial charge in [-0.1, -0.05) is 12.1 Å². The smallest absolute Gasteiger partial charge is 0.253 e. The summed E-state index contributed by atoms with van der Waals surface area (Å²) in [6.07, 6.45) is 4.90. The van der Waals surface area contributed by atoms with Crippen molar-refractivity contribution in [2.24, 2.45) is 0 Å². The number of anilines is 1. The molecule has 3 N–H and O–H groups in total. The molecule has 1 aliphatic rings. The summed E-state index contributed by atoms with van der Waals surface area (Å²) in [6.45, 7) is 0.915.